The first-order valence-corrected chi connectivity index (χ1v) is 4.63. The molecule has 0 aliphatic heterocycles. The van der Waals surface area contributed by atoms with Gasteiger partial charge in [-0.05, 0) is 25.3 Å². The summed E-state index contributed by atoms with van der Waals surface area (Å²) in [4.78, 5) is 11.1. The van der Waals surface area contributed by atoms with E-state index >= 15 is 0 Å². The lowest BCUT2D eigenvalue weighted by Gasteiger charge is -2.05. The summed E-state index contributed by atoms with van der Waals surface area (Å²) >= 11 is 0. The molecule has 0 aromatic carbocycles. The number of amides is 1. The second-order valence-electron chi connectivity index (χ2n) is 3.42. The number of carbonyl (C=O) groups excluding carboxylic acids is 1. The zero-order valence-corrected chi connectivity index (χ0v) is 8.10. The fraction of sp³-hybridized carbons (Fsp3) is 0.889. The van der Waals surface area contributed by atoms with E-state index in [1.165, 1.54) is 0 Å². The van der Waals surface area contributed by atoms with Crippen LogP contribution in [-0.2, 0) is 4.79 Å². The maximum atomic E-state index is 11.1. The van der Waals surface area contributed by atoms with Gasteiger partial charge in [-0.15, -0.1) is 0 Å². The van der Waals surface area contributed by atoms with Crippen molar-refractivity contribution in [1.82, 2.24) is 5.32 Å². The summed E-state index contributed by atoms with van der Waals surface area (Å²) in [6.07, 6.45) is 2.48. The van der Waals surface area contributed by atoms with Crippen LogP contribution in [0.2, 0.25) is 0 Å². The van der Waals surface area contributed by atoms with E-state index in [-0.39, 0.29) is 5.91 Å². The molecule has 0 fully saturated rings. The van der Waals surface area contributed by atoms with E-state index < -0.39 is 0 Å². The zero-order valence-electron chi connectivity index (χ0n) is 8.10. The Kier molecular flexibility index (Phi) is 6.76. The van der Waals surface area contributed by atoms with Crippen molar-refractivity contribution in [2.45, 2.75) is 33.1 Å². The van der Waals surface area contributed by atoms with E-state index in [4.69, 9.17) is 5.73 Å². The van der Waals surface area contributed by atoms with Gasteiger partial charge >= 0.3 is 0 Å². The van der Waals surface area contributed by atoms with Gasteiger partial charge in [-0.3, -0.25) is 4.79 Å². The molecule has 3 N–H and O–H groups in total. The minimum absolute atomic E-state index is 0.150. The Morgan fingerprint density at radius 3 is 2.67 bits per heavy atom. The second kappa shape index (κ2) is 7.10. The minimum Gasteiger partial charge on any atom is -0.356 e. The molecule has 0 aromatic rings. The number of hydrogen-bond donors (Lipinski definition) is 2. The average molecular weight is 172 g/mol. The van der Waals surface area contributed by atoms with Gasteiger partial charge in [-0.25, -0.2) is 0 Å². The van der Waals surface area contributed by atoms with E-state index in [9.17, 15) is 4.79 Å². The summed E-state index contributed by atoms with van der Waals surface area (Å²) in [6, 6.07) is 0. The SMILES string of the molecule is CC(C)CCC(=O)NCCCN. The fourth-order valence-electron chi connectivity index (χ4n) is 0.838. The third-order valence-electron chi connectivity index (χ3n) is 1.65. The summed E-state index contributed by atoms with van der Waals surface area (Å²) < 4.78 is 0. The van der Waals surface area contributed by atoms with Crippen molar-refractivity contribution in [2.75, 3.05) is 13.1 Å². The van der Waals surface area contributed by atoms with Crippen LogP contribution in [0, 0.1) is 5.92 Å². The van der Waals surface area contributed by atoms with Crippen LogP contribution in [0.4, 0.5) is 0 Å². The molecule has 3 heteroatoms. The Balaban J connectivity index is 3.22. The molecule has 0 saturated heterocycles. The third kappa shape index (κ3) is 7.54. The Hall–Kier alpha value is -0.570. The molecule has 0 aromatic heterocycles. The van der Waals surface area contributed by atoms with Gasteiger partial charge < -0.3 is 11.1 Å². The molecule has 0 saturated carbocycles. The predicted molar refractivity (Wildman–Crippen MR) is 50.8 cm³/mol. The van der Waals surface area contributed by atoms with Gasteiger partial charge in [-0.2, -0.15) is 0 Å². The van der Waals surface area contributed by atoms with Crippen molar-refractivity contribution in [3.8, 4) is 0 Å². The smallest absolute Gasteiger partial charge is 0.220 e. The first-order valence-electron chi connectivity index (χ1n) is 4.63. The lowest BCUT2D eigenvalue weighted by molar-refractivity contribution is -0.121. The van der Waals surface area contributed by atoms with Gasteiger partial charge in [-0.1, -0.05) is 13.8 Å². The highest BCUT2D eigenvalue weighted by Gasteiger charge is 2.01. The van der Waals surface area contributed by atoms with Crippen LogP contribution in [0.5, 0.6) is 0 Å². The molecule has 0 heterocycles. The predicted octanol–water partition coefficient (Wildman–Crippen LogP) is 0.888. The molecule has 12 heavy (non-hydrogen) atoms. The van der Waals surface area contributed by atoms with Gasteiger partial charge in [0.2, 0.25) is 5.91 Å². The monoisotopic (exact) mass is 172 g/mol. The molecule has 0 unspecified atom stereocenters. The summed E-state index contributed by atoms with van der Waals surface area (Å²) in [6.45, 7) is 5.60. The summed E-state index contributed by atoms with van der Waals surface area (Å²) in [5.41, 5.74) is 5.29. The van der Waals surface area contributed by atoms with Crippen molar-refractivity contribution in [3.05, 3.63) is 0 Å². The Morgan fingerprint density at radius 2 is 2.17 bits per heavy atom. The summed E-state index contributed by atoms with van der Waals surface area (Å²) in [5.74, 6) is 0.752. The van der Waals surface area contributed by atoms with Gasteiger partial charge in [0.15, 0.2) is 0 Å². The molecule has 0 aliphatic rings. The number of nitrogens with two attached hydrogens (primary N) is 1. The molecule has 3 nitrogen and oxygen atoms in total. The van der Waals surface area contributed by atoms with Crippen molar-refractivity contribution in [3.63, 3.8) is 0 Å². The summed E-state index contributed by atoms with van der Waals surface area (Å²) in [7, 11) is 0. The average Bonchev–Trinajstić information content (AvgIpc) is 2.01. The second-order valence-corrected chi connectivity index (χ2v) is 3.42. The van der Waals surface area contributed by atoms with Crippen molar-refractivity contribution in [1.29, 1.82) is 0 Å². The Labute approximate surface area is 74.7 Å². The first kappa shape index (κ1) is 11.4. The largest absolute Gasteiger partial charge is 0.356 e. The third-order valence-corrected chi connectivity index (χ3v) is 1.65. The maximum Gasteiger partial charge on any atom is 0.220 e. The topological polar surface area (TPSA) is 55.1 Å². The highest BCUT2D eigenvalue weighted by molar-refractivity contribution is 5.75. The first-order chi connectivity index (χ1) is 5.66. The maximum absolute atomic E-state index is 11.1. The van der Waals surface area contributed by atoms with Gasteiger partial charge in [0.05, 0.1) is 0 Å². The van der Waals surface area contributed by atoms with E-state index in [0.29, 0.717) is 25.4 Å². The van der Waals surface area contributed by atoms with E-state index in [1.54, 1.807) is 0 Å². The van der Waals surface area contributed by atoms with Gasteiger partial charge in [0.1, 0.15) is 0 Å². The summed E-state index contributed by atoms with van der Waals surface area (Å²) in [5, 5.41) is 2.82. The lowest BCUT2D eigenvalue weighted by atomic mass is 10.1. The standard InChI is InChI=1S/C9H20N2O/c1-8(2)4-5-9(12)11-7-3-6-10/h8H,3-7,10H2,1-2H3,(H,11,12). The fourth-order valence-corrected chi connectivity index (χ4v) is 0.838. The molecule has 0 spiro atoms. The van der Waals surface area contributed by atoms with Crippen LogP contribution in [0.15, 0.2) is 0 Å². The molecule has 0 radical (unpaired) electrons. The molecular formula is C9H20N2O. The van der Waals surface area contributed by atoms with Crippen LogP contribution in [-0.4, -0.2) is 19.0 Å². The number of nitrogens with one attached hydrogen (secondary N) is 1. The van der Waals surface area contributed by atoms with Crippen LogP contribution in [0.1, 0.15) is 33.1 Å². The molecule has 0 bridgehead atoms. The molecular weight excluding hydrogens is 152 g/mol. The van der Waals surface area contributed by atoms with E-state index in [0.717, 1.165) is 12.8 Å². The number of rotatable bonds is 6. The number of hydrogen-bond acceptors (Lipinski definition) is 2. The van der Waals surface area contributed by atoms with Crippen molar-refractivity contribution < 1.29 is 4.79 Å². The van der Waals surface area contributed by atoms with Crippen LogP contribution in [0.25, 0.3) is 0 Å². The van der Waals surface area contributed by atoms with Crippen LogP contribution >= 0.6 is 0 Å². The molecule has 1 amide bonds. The van der Waals surface area contributed by atoms with E-state index in [2.05, 4.69) is 19.2 Å². The molecule has 72 valence electrons. The van der Waals surface area contributed by atoms with Crippen LogP contribution in [0.3, 0.4) is 0 Å². The van der Waals surface area contributed by atoms with Gasteiger partial charge in [0.25, 0.3) is 0 Å². The molecule has 0 aliphatic carbocycles. The molecule has 0 rings (SSSR count). The van der Waals surface area contributed by atoms with Gasteiger partial charge in [0, 0.05) is 13.0 Å². The molecule has 0 atom stereocenters. The quantitative estimate of drug-likeness (QED) is 0.584. The van der Waals surface area contributed by atoms with Crippen LogP contribution < -0.4 is 11.1 Å². The normalized spacial score (nSPS) is 10.3. The Morgan fingerprint density at radius 1 is 1.50 bits per heavy atom. The van der Waals surface area contributed by atoms with E-state index in [1.807, 2.05) is 0 Å². The highest BCUT2D eigenvalue weighted by atomic mass is 16.1. The van der Waals surface area contributed by atoms with Crippen molar-refractivity contribution >= 4 is 5.91 Å². The highest BCUT2D eigenvalue weighted by Crippen LogP contribution is 2.02. The van der Waals surface area contributed by atoms with Crippen molar-refractivity contribution in [2.24, 2.45) is 11.7 Å². The minimum atomic E-state index is 0.150. The lowest BCUT2D eigenvalue weighted by Crippen LogP contribution is -2.25. The zero-order chi connectivity index (χ0) is 9.40. The number of carbonyl (C=O) groups is 1. The Bertz CT molecular complexity index is 124.